The van der Waals surface area contributed by atoms with Gasteiger partial charge in [0.1, 0.15) is 0 Å². The van der Waals surface area contributed by atoms with Crippen LogP contribution in [0.5, 0.6) is 0 Å². The molecule has 0 aliphatic carbocycles. The van der Waals surface area contributed by atoms with Crippen molar-refractivity contribution in [2.75, 3.05) is 46.3 Å². The first-order chi connectivity index (χ1) is 21.8. The van der Waals surface area contributed by atoms with Crippen molar-refractivity contribution in [3.8, 4) is 0 Å². The lowest BCUT2D eigenvalue weighted by Crippen LogP contribution is -2.50. The second kappa shape index (κ2) is 17.8. The highest BCUT2D eigenvalue weighted by Gasteiger charge is 2.26. The largest absolute Gasteiger partial charge is 0.473 e. The summed E-state index contributed by atoms with van der Waals surface area (Å²) >= 11 is 0. The molecule has 14 nitrogen and oxygen atoms in total. The van der Waals surface area contributed by atoms with Gasteiger partial charge in [-0.2, -0.15) is 0 Å². The number of amides is 1. The number of carboxylic acids is 4. The summed E-state index contributed by atoms with van der Waals surface area (Å²) in [6.07, 6.45) is 0. The summed E-state index contributed by atoms with van der Waals surface area (Å²) in [5.41, 5.74) is 5.26. The van der Waals surface area contributed by atoms with E-state index in [4.69, 9.17) is 39.6 Å². The average Bonchev–Trinajstić information content (AvgIpc) is 3.33. The molecule has 246 valence electrons. The van der Waals surface area contributed by atoms with Gasteiger partial charge in [0.2, 0.25) is 5.91 Å². The molecule has 1 fully saturated rings. The first-order valence-corrected chi connectivity index (χ1v) is 14.2. The van der Waals surface area contributed by atoms with Gasteiger partial charge in [-0.15, -0.1) is 0 Å². The highest BCUT2D eigenvalue weighted by atomic mass is 16.4. The third kappa shape index (κ3) is 11.0. The standard InChI is InChI=1S/C28H34N4O2.2C2H2O4/c1-21-18-25(26(33)19-30-14-16-31(17-15-30)20-27(34)29-3)22(2)32(21)28(23-10-6-4-7-11-23)24-12-8-5-9-13-24;2*3-1(4)2(5)6/h4-13,18,28H,14-17,19-20H2,1-3H3,(H,29,34);2*(H,3,4)(H,5,6). The number of likely N-dealkylation sites (N-methyl/N-ethyl adjacent to an activating group) is 1. The fourth-order valence-corrected chi connectivity index (χ4v) is 4.89. The van der Waals surface area contributed by atoms with Gasteiger partial charge < -0.3 is 30.3 Å². The number of rotatable bonds is 8. The van der Waals surface area contributed by atoms with Crippen LogP contribution < -0.4 is 5.32 Å². The Morgan fingerprint density at radius 3 is 1.43 bits per heavy atom. The third-order valence-corrected chi connectivity index (χ3v) is 7.12. The quantitative estimate of drug-likeness (QED) is 0.176. The van der Waals surface area contributed by atoms with Gasteiger partial charge in [0.25, 0.3) is 0 Å². The molecule has 2 aromatic carbocycles. The van der Waals surface area contributed by atoms with Gasteiger partial charge in [-0.25, -0.2) is 19.2 Å². The number of nitrogens with zero attached hydrogens (tertiary/aromatic N) is 3. The van der Waals surface area contributed by atoms with E-state index in [0.29, 0.717) is 13.1 Å². The topological polar surface area (TPSA) is 207 Å². The number of benzene rings is 2. The monoisotopic (exact) mass is 638 g/mol. The number of nitrogens with one attached hydrogen (secondary N) is 1. The minimum atomic E-state index is -1.82. The molecule has 0 bridgehead atoms. The SMILES string of the molecule is CNC(=O)CN1CCN(CC(=O)c2cc(C)n(C(c3ccccc3)c3ccccc3)c2C)CC1.O=C(O)C(=O)O.O=C(O)C(=O)O. The van der Waals surface area contributed by atoms with Crippen LogP contribution in [0.1, 0.15) is 38.9 Å². The molecule has 1 aromatic heterocycles. The number of carboxylic acid groups (broad SMARTS) is 4. The summed E-state index contributed by atoms with van der Waals surface area (Å²) in [6, 6.07) is 23.0. The molecule has 4 rings (SSSR count). The van der Waals surface area contributed by atoms with E-state index in [1.54, 1.807) is 7.05 Å². The fourth-order valence-electron chi connectivity index (χ4n) is 4.89. The Kier molecular flexibility index (Phi) is 14.3. The zero-order valence-electron chi connectivity index (χ0n) is 25.8. The van der Waals surface area contributed by atoms with Gasteiger partial charge >= 0.3 is 23.9 Å². The van der Waals surface area contributed by atoms with Gasteiger partial charge in [-0.3, -0.25) is 19.4 Å². The summed E-state index contributed by atoms with van der Waals surface area (Å²) in [6.45, 7) is 8.13. The fraction of sp³-hybridized carbons (Fsp3) is 0.312. The number of piperazine rings is 1. The highest BCUT2D eigenvalue weighted by molar-refractivity contribution is 6.27. The van der Waals surface area contributed by atoms with Crippen LogP contribution in [-0.2, 0) is 24.0 Å². The molecule has 46 heavy (non-hydrogen) atoms. The molecule has 0 atom stereocenters. The molecule has 1 saturated heterocycles. The van der Waals surface area contributed by atoms with Crippen LogP contribution in [-0.4, -0.2) is 117 Å². The molecule has 1 aliphatic rings. The lowest BCUT2D eigenvalue weighted by Gasteiger charge is -2.33. The summed E-state index contributed by atoms with van der Waals surface area (Å²) < 4.78 is 2.29. The lowest BCUT2D eigenvalue weighted by molar-refractivity contribution is -0.159. The number of hydrogen-bond donors (Lipinski definition) is 5. The first kappa shape index (κ1) is 36.8. The Balaban J connectivity index is 0.000000522. The number of aromatic nitrogens is 1. The van der Waals surface area contributed by atoms with Crippen LogP contribution >= 0.6 is 0 Å². The Labute approximate surface area is 265 Å². The van der Waals surface area contributed by atoms with Crippen molar-refractivity contribution in [2.24, 2.45) is 0 Å². The van der Waals surface area contributed by atoms with Crippen molar-refractivity contribution in [3.05, 3.63) is 94.8 Å². The predicted molar refractivity (Wildman–Crippen MR) is 166 cm³/mol. The maximum atomic E-state index is 13.4. The van der Waals surface area contributed by atoms with E-state index in [-0.39, 0.29) is 17.7 Å². The van der Waals surface area contributed by atoms with E-state index in [1.165, 1.54) is 11.1 Å². The summed E-state index contributed by atoms with van der Waals surface area (Å²) in [5, 5.41) is 32.2. The Morgan fingerprint density at radius 1 is 0.674 bits per heavy atom. The van der Waals surface area contributed by atoms with Crippen LogP contribution in [0.2, 0.25) is 0 Å². The lowest BCUT2D eigenvalue weighted by atomic mass is 9.98. The first-order valence-electron chi connectivity index (χ1n) is 14.2. The van der Waals surface area contributed by atoms with Crippen molar-refractivity contribution in [1.82, 2.24) is 19.7 Å². The Hall–Kier alpha value is -5.34. The maximum absolute atomic E-state index is 13.4. The Bertz CT molecular complexity index is 1430. The van der Waals surface area contributed by atoms with Crippen molar-refractivity contribution < 1.29 is 49.2 Å². The van der Waals surface area contributed by atoms with E-state index in [2.05, 4.69) is 82.1 Å². The third-order valence-electron chi connectivity index (χ3n) is 7.12. The molecular weight excluding hydrogens is 600 g/mol. The van der Waals surface area contributed by atoms with Crippen LogP contribution in [0.3, 0.4) is 0 Å². The molecule has 3 aromatic rings. The predicted octanol–water partition coefficient (Wildman–Crippen LogP) is 1.60. The minimum absolute atomic E-state index is 0.0113. The molecule has 0 spiro atoms. The number of carbonyl (C=O) groups is 6. The second-order valence-electron chi connectivity index (χ2n) is 10.2. The van der Waals surface area contributed by atoms with E-state index in [9.17, 15) is 9.59 Å². The second-order valence-corrected chi connectivity index (χ2v) is 10.2. The molecule has 0 radical (unpaired) electrons. The van der Waals surface area contributed by atoms with E-state index in [1.807, 2.05) is 18.2 Å². The molecule has 0 unspecified atom stereocenters. The zero-order valence-corrected chi connectivity index (χ0v) is 25.8. The van der Waals surface area contributed by atoms with Crippen LogP contribution in [0.4, 0.5) is 0 Å². The number of carbonyl (C=O) groups excluding carboxylic acids is 2. The molecule has 0 saturated carbocycles. The van der Waals surface area contributed by atoms with Gasteiger partial charge in [0.05, 0.1) is 19.1 Å². The van der Waals surface area contributed by atoms with Crippen molar-refractivity contribution in [3.63, 3.8) is 0 Å². The molecule has 2 heterocycles. The van der Waals surface area contributed by atoms with Gasteiger partial charge in [-0.05, 0) is 31.0 Å². The number of ketones is 1. The normalized spacial score (nSPS) is 13.0. The van der Waals surface area contributed by atoms with Crippen molar-refractivity contribution in [2.45, 2.75) is 19.9 Å². The molecule has 1 aliphatic heterocycles. The van der Waals surface area contributed by atoms with Crippen LogP contribution in [0, 0.1) is 13.8 Å². The number of hydrogen-bond acceptors (Lipinski definition) is 8. The molecule has 14 heteroatoms. The Morgan fingerprint density at radius 2 is 1.07 bits per heavy atom. The summed E-state index contributed by atoms with van der Waals surface area (Å²) in [5.74, 6) is -7.11. The van der Waals surface area contributed by atoms with Gasteiger partial charge in [0, 0.05) is 50.2 Å². The van der Waals surface area contributed by atoms with Gasteiger partial charge in [-0.1, -0.05) is 60.7 Å². The van der Waals surface area contributed by atoms with Crippen molar-refractivity contribution in [1.29, 1.82) is 0 Å². The van der Waals surface area contributed by atoms with E-state index >= 15 is 0 Å². The molecular formula is C32H38N4O10. The van der Waals surface area contributed by atoms with Crippen LogP contribution in [0.25, 0.3) is 0 Å². The van der Waals surface area contributed by atoms with Crippen LogP contribution in [0.15, 0.2) is 66.7 Å². The van der Waals surface area contributed by atoms with E-state index in [0.717, 1.165) is 43.1 Å². The summed E-state index contributed by atoms with van der Waals surface area (Å²) in [4.78, 5) is 65.7. The average molecular weight is 639 g/mol. The highest BCUT2D eigenvalue weighted by Crippen LogP contribution is 2.31. The molecule has 5 N–H and O–H groups in total. The number of Topliss-reactive ketones (excluding diaryl/α,β-unsaturated/α-hetero) is 1. The summed E-state index contributed by atoms with van der Waals surface area (Å²) in [7, 11) is 1.66. The van der Waals surface area contributed by atoms with Gasteiger partial charge in [0.15, 0.2) is 5.78 Å². The smallest absolute Gasteiger partial charge is 0.414 e. The zero-order chi connectivity index (χ0) is 34.4. The number of aryl methyl sites for hydroxylation is 1. The minimum Gasteiger partial charge on any atom is -0.473 e. The molecule has 1 amide bonds. The number of aliphatic carboxylic acids is 4. The van der Waals surface area contributed by atoms with E-state index < -0.39 is 23.9 Å². The maximum Gasteiger partial charge on any atom is 0.414 e. The van der Waals surface area contributed by atoms with Crippen molar-refractivity contribution >= 4 is 35.6 Å².